The van der Waals surface area contributed by atoms with Gasteiger partial charge in [0.2, 0.25) is 0 Å². The van der Waals surface area contributed by atoms with E-state index in [1.165, 1.54) is 0 Å². The lowest BCUT2D eigenvalue weighted by Gasteiger charge is -2.29. The van der Waals surface area contributed by atoms with Crippen molar-refractivity contribution in [2.75, 3.05) is 0 Å². The van der Waals surface area contributed by atoms with Crippen LogP contribution in [0.15, 0.2) is 40.9 Å². The van der Waals surface area contributed by atoms with Crippen LogP contribution in [0, 0.1) is 17.3 Å². The van der Waals surface area contributed by atoms with Crippen molar-refractivity contribution in [2.24, 2.45) is 5.41 Å². The maximum absolute atomic E-state index is 12.1. The van der Waals surface area contributed by atoms with Gasteiger partial charge in [-0.2, -0.15) is 0 Å². The molecule has 0 saturated heterocycles. The molecule has 0 spiro atoms. The summed E-state index contributed by atoms with van der Waals surface area (Å²) in [5, 5.41) is 0. The molecule has 1 aliphatic carbocycles. The van der Waals surface area contributed by atoms with Crippen molar-refractivity contribution >= 4 is 21.7 Å². The predicted molar refractivity (Wildman–Crippen MR) is 90.8 cm³/mol. The molecule has 110 valence electrons. The van der Waals surface area contributed by atoms with Gasteiger partial charge in [0.1, 0.15) is 5.69 Å². The summed E-state index contributed by atoms with van der Waals surface area (Å²) in [6.07, 6.45) is 1.41. The van der Waals surface area contributed by atoms with E-state index < -0.39 is 0 Å². The Morgan fingerprint density at radius 3 is 2.73 bits per heavy atom. The molecular weight excluding hydrogens is 338 g/mol. The fourth-order valence-corrected chi connectivity index (χ4v) is 3.11. The Labute approximate surface area is 139 Å². The average molecular weight is 354 g/mol. The molecule has 3 rings (SSSR count). The number of aromatic nitrogens is 1. The van der Waals surface area contributed by atoms with Gasteiger partial charge in [-0.15, -0.1) is 0 Å². The van der Waals surface area contributed by atoms with Crippen molar-refractivity contribution in [1.82, 2.24) is 4.98 Å². The van der Waals surface area contributed by atoms with Gasteiger partial charge in [0.15, 0.2) is 5.78 Å². The maximum Gasteiger partial charge on any atom is 0.165 e. The van der Waals surface area contributed by atoms with E-state index in [-0.39, 0.29) is 11.2 Å². The van der Waals surface area contributed by atoms with Gasteiger partial charge in [-0.05, 0) is 48.1 Å². The second-order valence-electron chi connectivity index (χ2n) is 6.39. The van der Waals surface area contributed by atoms with E-state index in [1.807, 2.05) is 36.4 Å². The number of halogens is 1. The maximum atomic E-state index is 12.1. The molecule has 0 saturated carbocycles. The van der Waals surface area contributed by atoms with Crippen LogP contribution in [0.1, 0.15) is 47.6 Å². The van der Waals surface area contributed by atoms with Crippen molar-refractivity contribution in [3.05, 3.63) is 63.4 Å². The Morgan fingerprint density at radius 1 is 1.14 bits per heavy atom. The van der Waals surface area contributed by atoms with E-state index in [0.29, 0.717) is 12.1 Å². The number of rotatable bonds is 0. The van der Waals surface area contributed by atoms with E-state index >= 15 is 0 Å². The molecule has 2 aromatic rings. The lowest BCUT2D eigenvalue weighted by molar-refractivity contribution is 0.0910. The summed E-state index contributed by atoms with van der Waals surface area (Å²) in [5.74, 6) is 6.39. The van der Waals surface area contributed by atoms with E-state index in [0.717, 1.165) is 27.7 Å². The summed E-state index contributed by atoms with van der Waals surface area (Å²) in [5.41, 5.74) is 3.26. The molecule has 1 aliphatic rings. The van der Waals surface area contributed by atoms with Crippen LogP contribution in [0.5, 0.6) is 0 Å². The number of pyridine rings is 1. The highest BCUT2D eigenvalue weighted by atomic mass is 79.9. The molecule has 2 nitrogen and oxygen atoms in total. The topological polar surface area (TPSA) is 30.0 Å². The van der Waals surface area contributed by atoms with Crippen molar-refractivity contribution in [3.8, 4) is 11.8 Å². The smallest absolute Gasteiger partial charge is 0.165 e. The fourth-order valence-electron chi connectivity index (χ4n) is 2.71. The Kier molecular flexibility index (Phi) is 3.88. The van der Waals surface area contributed by atoms with Crippen LogP contribution in [0.25, 0.3) is 0 Å². The number of hydrogen-bond donors (Lipinski definition) is 0. The van der Waals surface area contributed by atoms with Gasteiger partial charge < -0.3 is 0 Å². The third kappa shape index (κ3) is 3.28. The molecule has 0 unspecified atom stereocenters. The first kappa shape index (κ1) is 15.0. The largest absolute Gasteiger partial charge is 0.294 e. The summed E-state index contributed by atoms with van der Waals surface area (Å²) < 4.78 is 1.00. The van der Waals surface area contributed by atoms with Crippen LogP contribution < -0.4 is 0 Å². The molecule has 0 N–H and O–H groups in total. The predicted octanol–water partition coefficient (Wildman–Crippen LogP) is 4.40. The molecule has 0 aliphatic heterocycles. The summed E-state index contributed by atoms with van der Waals surface area (Å²) in [7, 11) is 0. The Morgan fingerprint density at radius 2 is 1.95 bits per heavy atom. The molecule has 3 heteroatoms. The molecule has 1 heterocycles. The van der Waals surface area contributed by atoms with Crippen LogP contribution in [0.4, 0.5) is 0 Å². The first-order chi connectivity index (χ1) is 10.4. The first-order valence-corrected chi connectivity index (χ1v) is 8.03. The zero-order valence-corrected chi connectivity index (χ0v) is 14.2. The number of nitrogens with zero attached hydrogens (tertiary/aromatic N) is 1. The Balaban J connectivity index is 1.93. The van der Waals surface area contributed by atoms with E-state index in [2.05, 4.69) is 46.6 Å². The van der Waals surface area contributed by atoms with Crippen molar-refractivity contribution in [1.29, 1.82) is 0 Å². The van der Waals surface area contributed by atoms with Gasteiger partial charge in [0.25, 0.3) is 0 Å². The van der Waals surface area contributed by atoms with Crippen LogP contribution in [0.2, 0.25) is 0 Å². The number of benzene rings is 1. The van der Waals surface area contributed by atoms with Crippen LogP contribution in [0.3, 0.4) is 0 Å². The summed E-state index contributed by atoms with van der Waals surface area (Å²) in [4.78, 5) is 16.7. The van der Waals surface area contributed by atoms with Gasteiger partial charge in [0.05, 0.1) is 5.69 Å². The zero-order valence-electron chi connectivity index (χ0n) is 12.6. The van der Waals surface area contributed by atoms with Crippen molar-refractivity contribution < 1.29 is 4.79 Å². The minimum atomic E-state index is -0.0204. The van der Waals surface area contributed by atoms with Gasteiger partial charge >= 0.3 is 0 Å². The third-order valence-corrected chi connectivity index (χ3v) is 4.21. The number of ketones is 1. The monoisotopic (exact) mass is 353 g/mol. The number of Topliss-reactive ketones (excluding diaryl/α,β-unsaturated/α-hetero) is 1. The normalized spacial score (nSPS) is 15.7. The summed E-state index contributed by atoms with van der Waals surface area (Å²) >= 11 is 3.44. The van der Waals surface area contributed by atoms with Crippen molar-refractivity contribution in [2.45, 2.75) is 26.7 Å². The van der Waals surface area contributed by atoms with Gasteiger partial charge in [0, 0.05) is 22.0 Å². The van der Waals surface area contributed by atoms with Gasteiger partial charge in [-0.1, -0.05) is 41.8 Å². The van der Waals surface area contributed by atoms with Gasteiger partial charge in [-0.3, -0.25) is 4.79 Å². The molecule has 0 bridgehead atoms. The molecule has 1 aromatic carbocycles. The number of carbonyl (C=O) groups is 1. The highest BCUT2D eigenvalue weighted by Gasteiger charge is 2.31. The second kappa shape index (κ2) is 5.70. The van der Waals surface area contributed by atoms with Gasteiger partial charge in [-0.25, -0.2) is 4.98 Å². The highest BCUT2D eigenvalue weighted by molar-refractivity contribution is 9.10. The summed E-state index contributed by atoms with van der Waals surface area (Å²) in [6.45, 7) is 4.21. The molecule has 0 atom stereocenters. The molecule has 0 radical (unpaired) electrons. The van der Waals surface area contributed by atoms with E-state index in [9.17, 15) is 4.79 Å². The molecule has 1 aromatic heterocycles. The standard InChI is InChI=1S/C19H16BrNO/c1-19(2)11-17-16(18(22)12-19)9-8-15(21-17)7-6-13-4-3-5-14(20)10-13/h3-5,8-10H,11-12H2,1-2H3. The molecule has 0 fully saturated rings. The van der Waals surface area contributed by atoms with Crippen LogP contribution >= 0.6 is 15.9 Å². The minimum Gasteiger partial charge on any atom is -0.294 e. The van der Waals surface area contributed by atoms with Crippen LogP contribution in [-0.2, 0) is 6.42 Å². The number of hydrogen-bond acceptors (Lipinski definition) is 2. The fraction of sp³-hybridized carbons (Fsp3) is 0.263. The Hall–Kier alpha value is -1.92. The molecular formula is C19H16BrNO. The van der Waals surface area contributed by atoms with E-state index in [1.54, 1.807) is 0 Å². The second-order valence-corrected chi connectivity index (χ2v) is 7.31. The number of carbonyl (C=O) groups excluding carboxylic acids is 1. The SMILES string of the molecule is CC1(C)CC(=O)c2ccc(C#Cc3cccc(Br)c3)nc2C1. The number of fused-ring (bicyclic) bond motifs is 1. The lowest BCUT2D eigenvalue weighted by Crippen LogP contribution is -2.28. The van der Waals surface area contributed by atoms with E-state index in [4.69, 9.17) is 0 Å². The molecule has 22 heavy (non-hydrogen) atoms. The highest BCUT2D eigenvalue weighted by Crippen LogP contribution is 2.33. The quantitative estimate of drug-likeness (QED) is 0.657. The Bertz CT molecular complexity index is 812. The zero-order chi connectivity index (χ0) is 15.7. The average Bonchev–Trinajstić information content (AvgIpc) is 2.43. The van der Waals surface area contributed by atoms with Crippen LogP contribution in [-0.4, -0.2) is 10.8 Å². The third-order valence-electron chi connectivity index (χ3n) is 3.72. The first-order valence-electron chi connectivity index (χ1n) is 7.24. The molecule has 0 amide bonds. The minimum absolute atomic E-state index is 0.0204. The lowest BCUT2D eigenvalue weighted by atomic mass is 9.75. The summed E-state index contributed by atoms with van der Waals surface area (Å²) in [6, 6.07) is 11.6. The van der Waals surface area contributed by atoms with Crippen molar-refractivity contribution in [3.63, 3.8) is 0 Å².